The van der Waals surface area contributed by atoms with E-state index in [1.54, 1.807) is 18.2 Å². The van der Waals surface area contributed by atoms with Crippen LogP contribution in [0.4, 0.5) is 13.2 Å². The van der Waals surface area contributed by atoms with Crippen molar-refractivity contribution in [2.75, 3.05) is 25.9 Å². The van der Waals surface area contributed by atoms with Crippen LogP contribution in [0.3, 0.4) is 0 Å². The lowest BCUT2D eigenvalue weighted by molar-refractivity contribution is -0.141. The number of hydrogen-bond donors (Lipinski definition) is 2. The third-order valence-corrected chi connectivity index (χ3v) is 5.18. The minimum atomic E-state index is -4.56. The minimum absolute atomic E-state index is 0.00752. The molecule has 6 nitrogen and oxygen atoms in total. The Hall–Kier alpha value is -2.75. The molecule has 2 N–H and O–H groups in total. The first-order chi connectivity index (χ1) is 13.2. The third kappa shape index (κ3) is 4.06. The number of carbonyl (C=O) groups excluding carboxylic acids is 2. The molecule has 0 spiro atoms. The van der Waals surface area contributed by atoms with Gasteiger partial charge in [-0.3, -0.25) is 9.59 Å². The van der Waals surface area contributed by atoms with Gasteiger partial charge in [0.2, 0.25) is 0 Å². The van der Waals surface area contributed by atoms with Crippen LogP contribution in [0.15, 0.2) is 46.6 Å². The zero-order chi connectivity index (χ0) is 20.5. The van der Waals surface area contributed by atoms with Gasteiger partial charge in [0.05, 0.1) is 17.6 Å². The summed E-state index contributed by atoms with van der Waals surface area (Å²) in [6, 6.07) is 7.52. The van der Waals surface area contributed by atoms with Crippen molar-refractivity contribution in [3.63, 3.8) is 0 Å². The number of benzene rings is 1. The maximum Gasteiger partial charge on any atom is 0.433 e. The average molecular weight is 411 g/mol. The summed E-state index contributed by atoms with van der Waals surface area (Å²) in [7, 11) is 1.46. The van der Waals surface area contributed by atoms with Crippen molar-refractivity contribution < 1.29 is 27.9 Å². The largest absolute Gasteiger partial charge is 0.503 e. The first-order valence-electron chi connectivity index (χ1n) is 8.24. The predicted octanol–water partition coefficient (Wildman–Crippen LogP) is 2.75. The Morgan fingerprint density at radius 2 is 2.07 bits per heavy atom. The monoisotopic (exact) mass is 411 g/mol. The summed E-state index contributed by atoms with van der Waals surface area (Å²) >= 11 is 1.16. The van der Waals surface area contributed by atoms with E-state index in [0.717, 1.165) is 17.8 Å². The Labute approximate surface area is 162 Å². The number of halogens is 3. The molecule has 0 bridgehead atoms. The average Bonchev–Trinajstić information content (AvgIpc) is 2.91. The molecule has 148 valence electrons. The topological polar surface area (TPSA) is 82.5 Å². The number of likely N-dealkylation sites (N-methyl/N-ethyl adjacent to an activating group) is 1. The molecule has 28 heavy (non-hydrogen) atoms. The summed E-state index contributed by atoms with van der Waals surface area (Å²) in [6.45, 7) is 0.157. The lowest BCUT2D eigenvalue weighted by atomic mass is 10.2. The molecular weight excluding hydrogens is 395 g/mol. The number of carbonyl (C=O) groups is 2. The number of thioether (sulfide) groups is 1. The highest BCUT2D eigenvalue weighted by Crippen LogP contribution is 2.34. The molecule has 0 saturated heterocycles. The number of fused-ring (bicyclic) bond motifs is 1. The first kappa shape index (κ1) is 20.0. The van der Waals surface area contributed by atoms with Crippen LogP contribution >= 0.6 is 11.8 Å². The second kappa shape index (κ2) is 7.70. The molecule has 1 aromatic heterocycles. The van der Waals surface area contributed by atoms with Gasteiger partial charge in [-0.25, -0.2) is 4.98 Å². The van der Waals surface area contributed by atoms with Gasteiger partial charge in [-0.2, -0.15) is 13.2 Å². The Kier molecular flexibility index (Phi) is 5.50. The van der Waals surface area contributed by atoms with E-state index in [2.05, 4.69) is 10.3 Å². The van der Waals surface area contributed by atoms with Gasteiger partial charge in [0.25, 0.3) is 11.8 Å². The van der Waals surface area contributed by atoms with Gasteiger partial charge >= 0.3 is 6.18 Å². The molecule has 2 heterocycles. The van der Waals surface area contributed by atoms with Gasteiger partial charge < -0.3 is 15.3 Å². The molecule has 0 aliphatic carbocycles. The van der Waals surface area contributed by atoms with Crippen LogP contribution in [0.5, 0.6) is 0 Å². The van der Waals surface area contributed by atoms with Gasteiger partial charge in [0.1, 0.15) is 5.69 Å². The van der Waals surface area contributed by atoms with E-state index in [1.807, 2.05) is 0 Å². The summed E-state index contributed by atoms with van der Waals surface area (Å²) in [6.07, 6.45) is -4.56. The van der Waals surface area contributed by atoms with E-state index in [4.69, 9.17) is 0 Å². The number of amides is 2. The summed E-state index contributed by atoms with van der Waals surface area (Å²) in [4.78, 5) is 28.9. The van der Waals surface area contributed by atoms with E-state index >= 15 is 0 Å². The van der Waals surface area contributed by atoms with E-state index in [0.29, 0.717) is 16.0 Å². The van der Waals surface area contributed by atoms with Gasteiger partial charge in [-0.05, 0) is 12.1 Å². The molecule has 2 aromatic rings. The number of para-hydroxylation sites is 1. The van der Waals surface area contributed by atoms with Gasteiger partial charge in [-0.1, -0.05) is 18.2 Å². The lowest BCUT2D eigenvalue weighted by Crippen LogP contribution is -2.29. The molecule has 0 atom stereocenters. The fraction of sp³-hybridized carbons (Fsp3) is 0.278. The van der Waals surface area contributed by atoms with Crippen molar-refractivity contribution in [2.45, 2.75) is 11.1 Å². The van der Waals surface area contributed by atoms with Crippen molar-refractivity contribution in [3.8, 4) is 0 Å². The van der Waals surface area contributed by atoms with Crippen molar-refractivity contribution in [2.24, 2.45) is 0 Å². The SMILES string of the molecule is CN1CC(C(=O)NCCSc2cc(C(F)(F)F)nc3ccccc23)=C(O)C1=O. The summed E-state index contributed by atoms with van der Waals surface area (Å²) in [5.41, 5.74) is -0.752. The quantitative estimate of drug-likeness (QED) is 0.584. The van der Waals surface area contributed by atoms with Crippen LogP contribution in [-0.4, -0.2) is 52.7 Å². The first-order valence-corrected chi connectivity index (χ1v) is 9.22. The highest BCUT2D eigenvalue weighted by atomic mass is 32.2. The summed E-state index contributed by atoms with van der Waals surface area (Å²) in [5.74, 6) is -1.48. The van der Waals surface area contributed by atoms with E-state index < -0.39 is 29.4 Å². The van der Waals surface area contributed by atoms with E-state index in [1.165, 1.54) is 18.0 Å². The fourth-order valence-electron chi connectivity index (χ4n) is 2.71. The van der Waals surface area contributed by atoms with Crippen LogP contribution in [0, 0.1) is 0 Å². The molecule has 0 saturated carbocycles. The molecule has 0 radical (unpaired) electrons. The fourth-order valence-corrected chi connectivity index (χ4v) is 3.66. The number of nitrogens with one attached hydrogen (secondary N) is 1. The molecule has 0 unspecified atom stereocenters. The molecular formula is C18H16F3N3O3S. The number of rotatable bonds is 5. The number of aromatic nitrogens is 1. The number of alkyl halides is 3. The number of aliphatic hydroxyl groups is 1. The summed E-state index contributed by atoms with van der Waals surface area (Å²) < 4.78 is 39.2. The number of aliphatic hydroxyl groups excluding tert-OH is 1. The molecule has 10 heteroatoms. The molecule has 1 aliphatic rings. The van der Waals surface area contributed by atoms with E-state index in [9.17, 15) is 27.9 Å². The highest BCUT2D eigenvalue weighted by molar-refractivity contribution is 7.99. The zero-order valence-corrected chi connectivity index (χ0v) is 15.5. The standard InChI is InChI=1S/C18H16F3N3O3S/c1-24-9-11(15(25)17(24)27)16(26)22-6-7-28-13-8-14(18(19,20)21)23-12-5-3-2-4-10(12)13/h2-5,8,25H,6-7,9H2,1H3,(H,22,26). The Morgan fingerprint density at radius 1 is 1.36 bits per heavy atom. The minimum Gasteiger partial charge on any atom is -0.503 e. The number of pyridine rings is 1. The third-order valence-electron chi connectivity index (χ3n) is 4.12. The molecule has 3 rings (SSSR count). The number of hydrogen-bond acceptors (Lipinski definition) is 5. The van der Waals surface area contributed by atoms with Gasteiger partial charge in [0, 0.05) is 29.6 Å². The normalized spacial score (nSPS) is 14.9. The van der Waals surface area contributed by atoms with E-state index in [-0.39, 0.29) is 24.2 Å². The van der Waals surface area contributed by atoms with Crippen molar-refractivity contribution >= 4 is 34.5 Å². The van der Waals surface area contributed by atoms with Crippen LogP contribution in [-0.2, 0) is 15.8 Å². The molecule has 2 amide bonds. The maximum absolute atomic E-state index is 13.1. The number of nitrogens with zero attached hydrogens (tertiary/aromatic N) is 2. The molecule has 1 aromatic carbocycles. The zero-order valence-electron chi connectivity index (χ0n) is 14.7. The van der Waals surface area contributed by atoms with Gasteiger partial charge in [0.15, 0.2) is 5.76 Å². The lowest BCUT2D eigenvalue weighted by Gasteiger charge is -2.12. The van der Waals surface area contributed by atoms with Crippen LogP contribution < -0.4 is 5.32 Å². The molecule has 1 aliphatic heterocycles. The molecule has 0 fully saturated rings. The Bertz CT molecular complexity index is 975. The van der Waals surface area contributed by atoms with Crippen molar-refractivity contribution in [3.05, 3.63) is 47.4 Å². The highest BCUT2D eigenvalue weighted by Gasteiger charge is 2.33. The smallest absolute Gasteiger partial charge is 0.433 e. The predicted molar refractivity (Wildman–Crippen MR) is 97.8 cm³/mol. The Balaban J connectivity index is 1.67. The van der Waals surface area contributed by atoms with Gasteiger partial charge in [-0.15, -0.1) is 11.8 Å². The maximum atomic E-state index is 13.1. The second-order valence-corrected chi connectivity index (χ2v) is 7.25. The van der Waals surface area contributed by atoms with Crippen molar-refractivity contribution in [1.82, 2.24) is 15.2 Å². The second-order valence-electron chi connectivity index (χ2n) is 6.11. The van der Waals surface area contributed by atoms with Crippen LogP contribution in [0.25, 0.3) is 10.9 Å². The Morgan fingerprint density at radius 3 is 2.71 bits per heavy atom. The van der Waals surface area contributed by atoms with Crippen molar-refractivity contribution in [1.29, 1.82) is 0 Å². The van der Waals surface area contributed by atoms with Crippen LogP contribution in [0.1, 0.15) is 5.69 Å². The van der Waals surface area contributed by atoms with Crippen LogP contribution in [0.2, 0.25) is 0 Å². The summed E-state index contributed by atoms with van der Waals surface area (Å²) in [5, 5.41) is 12.8.